The molecule has 23 heavy (non-hydrogen) atoms. The van der Waals surface area contributed by atoms with Crippen LogP contribution >= 0.6 is 11.6 Å². The van der Waals surface area contributed by atoms with Crippen LogP contribution in [0.15, 0.2) is 59.7 Å². The largest absolute Gasteiger partial charge is 0.271 e. The van der Waals surface area contributed by atoms with Gasteiger partial charge in [-0.15, -0.1) is 0 Å². The number of nitro groups is 1. The van der Waals surface area contributed by atoms with E-state index in [1.165, 1.54) is 18.3 Å². The number of allylic oxidation sites excluding steroid dienone is 1. The third kappa shape index (κ3) is 5.05. The smallest absolute Gasteiger partial charge is 0.267 e. The van der Waals surface area contributed by atoms with E-state index in [9.17, 15) is 14.9 Å². The Balaban J connectivity index is 1.87. The lowest BCUT2D eigenvalue weighted by Gasteiger charge is -1.98. The van der Waals surface area contributed by atoms with Gasteiger partial charge in [-0.1, -0.05) is 17.7 Å². The van der Waals surface area contributed by atoms with Crippen molar-refractivity contribution in [1.29, 1.82) is 0 Å². The summed E-state index contributed by atoms with van der Waals surface area (Å²) in [5.41, 5.74) is 3.64. The minimum atomic E-state index is -0.457. The highest BCUT2D eigenvalue weighted by molar-refractivity contribution is 6.30. The van der Waals surface area contributed by atoms with Crippen molar-refractivity contribution < 1.29 is 9.72 Å². The van der Waals surface area contributed by atoms with Crippen molar-refractivity contribution in [3.63, 3.8) is 0 Å². The number of benzene rings is 2. The molecule has 1 N–H and O–H groups in total. The van der Waals surface area contributed by atoms with Gasteiger partial charge in [-0.2, -0.15) is 5.10 Å². The van der Waals surface area contributed by atoms with E-state index in [1.807, 2.05) is 0 Å². The van der Waals surface area contributed by atoms with Crippen LogP contribution in [0.1, 0.15) is 15.9 Å². The standard InChI is InChI=1S/C16H12ClN3O3/c17-14-7-5-13(6-8-14)16(21)19-18-11-1-2-12-3-9-15(10-4-12)20(22)23/h1-11H,(H,19,21)/b2-1+,18-11+. The van der Waals surface area contributed by atoms with Gasteiger partial charge in [-0.05, 0) is 48.0 Å². The Hall–Kier alpha value is -2.99. The average molecular weight is 330 g/mol. The van der Waals surface area contributed by atoms with E-state index in [-0.39, 0.29) is 11.6 Å². The van der Waals surface area contributed by atoms with Gasteiger partial charge in [0.15, 0.2) is 0 Å². The maximum Gasteiger partial charge on any atom is 0.271 e. The molecule has 6 nitrogen and oxygen atoms in total. The molecule has 0 heterocycles. The second-order valence-corrected chi connectivity index (χ2v) is 4.87. The van der Waals surface area contributed by atoms with Crippen LogP contribution in [-0.2, 0) is 0 Å². The Morgan fingerprint density at radius 3 is 2.39 bits per heavy atom. The van der Waals surface area contributed by atoms with E-state index in [1.54, 1.807) is 48.6 Å². The van der Waals surface area contributed by atoms with E-state index >= 15 is 0 Å². The molecule has 0 aliphatic heterocycles. The molecular weight excluding hydrogens is 318 g/mol. The summed E-state index contributed by atoms with van der Waals surface area (Å²) in [4.78, 5) is 21.8. The SMILES string of the molecule is O=C(N/N=C/C=C/c1ccc([N+](=O)[O-])cc1)c1ccc(Cl)cc1. The highest BCUT2D eigenvalue weighted by atomic mass is 35.5. The van der Waals surface area contributed by atoms with Gasteiger partial charge in [0.25, 0.3) is 11.6 Å². The summed E-state index contributed by atoms with van der Waals surface area (Å²) < 4.78 is 0. The number of rotatable bonds is 5. The summed E-state index contributed by atoms with van der Waals surface area (Å²) in [6.07, 6.45) is 4.74. The fourth-order valence-corrected chi connectivity index (χ4v) is 1.79. The van der Waals surface area contributed by atoms with Crippen LogP contribution in [-0.4, -0.2) is 17.0 Å². The van der Waals surface area contributed by atoms with Gasteiger partial charge >= 0.3 is 0 Å². The Bertz CT molecular complexity index is 753. The first kappa shape index (κ1) is 16.4. The van der Waals surface area contributed by atoms with E-state index in [4.69, 9.17) is 11.6 Å². The van der Waals surface area contributed by atoms with Crippen LogP contribution in [0.2, 0.25) is 5.02 Å². The van der Waals surface area contributed by atoms with Crippen molar-refractivity contribution in [1.82, 2.24) is 5.43 Å². The molecule has 2 aromatic rings. The van der Waals surface area contributed by atoms with Crippen molar-refractivity contribution >= 4 is 35.5 Å². The summed E-state index contributed by atoms with van der Waals surface area (Å²) in [5.74, 6) is -0.346. The zero-order valence-electron chi connectivity index (χ0n) is 11.8. The van der Waals surface area contributed by atoms with Crippen LogP contribution in [0.3, 0.4) is 0 Å². The Morgan fingerprint density at radius 2 is 1.78 bits per heavy atom. The zero-order chi connectivity index (χ0) is 16.7. The monoisotopic (exact) mass is 329 g/mol. The normalized spacial score (nSPS) is 11.0. The van der Waals surface area contributed by atoms with Gasteiger partial charge in [0.05, 0.1) is 4.92 Å². The third-order valence-electron chi connectivity index (χ3n) is 2.83. The van der Waals surface area contributed by atoms with Crippen molar-refractivity contribution in [2.75, 3.05) is 0 Å². The predicted molar refractivity (Wildman–Crippen MR) is 89.5 cm³/mol. The fraction of sp³-hybridized carbons (Fsp3) is 0. The fourth-order valence-electron chi connectivity index (χ4n) is 1.67. The first-order valence-corrected chi connectivity index (χ1v) is 6.94. The molecule has 1 amide bonds. The average Bonchev–Trinajstić information content (AvgIpc) is 2.55. The molecular formula is C16H12ClN3O3. The molecule has 0 aliphatic carbocycles. The van der Waals surface area contributed by atoms with Crippen LogP contribution in [0.5, 0.6) is 0 Å². The maximum atomic E-state index is 11.7. The molecule has 116 valence electrons. The number of carbonyl (C=O) groups excluding carboxylic acids is 1. The summed E-state index contributed by atoms with van der Waals surface area (Å²) in [6, 6.07) is 12.5. The molecule has 0 aliphatic rings. The van der Waals surface area contributed by atoms with Gasteiger partial charge in [-0.25, -0.2) is 5.43 Å². The van der Waals surface area contributed by atoms with Crippen LogP contribution < -0.4 is 5.43 Å². The number of carbonyl (C=O) groups is 1. The Labute approximate surface area is 137 Å². The van der Waals surface area contributed by atoms with Crippen molar-refractivity contribution in [3.05, 3.63) is 80.9 Å². The van der Waals surface area contributed by atoms with Crippen molar-refractivity contribution in [2.45, 2.75) is 0 Å². The molecule has 7 heteroatoms. The number of nitro benzene ring substituents is 1. The Morgan fingerprint density at radius 1 is 1.13 bits per heavy atom. The summed E-state index contributed by atoms with van der Waals surface area (Å²) in [6.45, 7) is 0. The summed E-state index contributed by atoms with van der Waals surface area (Å²) >= 11 is 5.74. The summed E-state index contributed by atoms with van der Waals surface area (Å²) in [5, 5.41) is 14.9. The second kappa shape index (κ2) is 7.86. The maximum absolute atomic E-state index is 11.7. The number of hydrogen-bond donors (Lipinski definition) is 1. The van der Waals surface area contributed by atoms with Crippen molar-refractivity contribution in [3.8, 4) is 0 Å². The number of halogens is 1. The topological polar surface area (TPSA) is 84.6 Å². The van der Waals surface area contributed by atoms with Crippen LogP contribution in [0.4, 0.5) is 5.69 Å². The van der Waals surface area contributed by atoms with Gasteiger partial charge in [0.2, 0.25) is 0 Å². The number of amides is 1. The molecule has 2 aromatic carbocycles. The van der Waals surface area contributed by atoms with E-state index in [0.717, 1.165) is 5.56 Å². The lowest BCUT2D eigenvalue weighted by molar-refractivity contribution is -0.384. The van der Waals surface area contributed by atoms with Gasteiger partial charge in [0, 0.05) is 28.9 Å². The second-order valence-electron chi connectivity index (χ2n) is 4.43. The molecule has 0 bridgehead atoms. The molecule has 0 fully saturated rings. The van der Waals surface area contributed by atoms with Crippen molar-refractivity contribution in [2.24, 2.45) is 5.10 Å². The lowest BCUT2D eigenvalue weighted by atomic mass is 10.2. The van der Waals surface area contributed by atoms with E-state index in [0.29, 0.717) is 10.6 Å². The van der Waals surface area contributed by atoms with E-state index in [2.05, 4.69) is 10.5 Å². The number of non-ortho nitro benzene ring substituents is 1. The molecule has 0 unspecified atom stereocenters. The molecule has 0 spiro atoms. The van der Waals surface area contributed by atoms with Crippen LogP contribution in [0.25, 0.3) is 6.08 Å². The predicted octanol–water partition coefficient (Wildman–Crippen LogP) is 3.68. The molecule has 0 radical (unpaired) electrons. The number of nitrogens with one attached hydrogen (secondary N) is 1. The zero-order valence-corrected chi connectivity index (χ0v) is 12.6. The molecule has 2 rings (SSSR count). The van der Waals surface area contributed by atoms with Gasteiger partial charge in [0.1, 0.15) is 0 Å². The lowest BCUT2D eigenvalue weighted by Crippen LogP contribution is -2.17. The minimum absolute atomic E-state index is 0.0334. The van der Waals surface area contributed by atoms with E-state index < -0.39 is 4.92 Å². The first-order chi connectivity index (χ1) is 11.1. The Kier molecular flexibility index (Phi) is 5.60. The highest BCUT2D eigenvalue weighted by Crippen LogP contribution is 2.12. The van der Waals surface area contributed by atoms with Gasteiger partial charge in [-0.3, -0.25) is 14.9 Å². The summed E-state index contributed by atoms with van der Waals surface area (Å²) in [7, 11) is 0. The highest BCUT2D eigenvalue weighted by Gasteiger charge is 2.03. The number of hydrogen-bond acceptors (Lipinski definition) is 4. The molecule has 0 saturated heterocycles. The van der Waals surface area contributed by atoms with Crippen LogP contribution in [0, 0.1) is 10.1 Å². The third-order valence-corrected chi connectivity index (χ3v) is 3.08. The number of hydrazone groups is 1. The molecule has 0 aromatic heterocycles. The molecule has 0 atom stereocenters. The molecule has 0 saturated carbocycles. The number of nitrogens with zero attached hydrogens (tertiary/aromatic N) is 2. The van der Waals surface area contributed by atoms with Gasteiger partial charge < -0.3 is 0 Å². The quantitative estimate of drug-likeness (QED) is 0.516. The first-order valence-electron chi connectivity index (χ1n) is 6.56. The minimum Gasteiger partial charge on any atom is -0.267 e.